The molecule has 0 aliphatic heterocycles. The van der Waals surface area contributed by atoms with Gasteiger partial charge in [0, 0.05) is 11.5 Å². The smallest absolute Gasteiger partial charge is 0.335 e. The largest absolute Gasteiger partial charge is 0.406 e. The van der Waals surface area contributed by atoms with E-state index < -0.39 is 18.1 Å². The van der Waals surface area contributed by atoms with Crippen LogP contribution in [-0.4, -0.2) is 35.5 Å². The number of hydrogen-bond donors (Lipinski definition) is 3. The fraction of sp³-hybridized carbons (Fsp3) is 0.421. The standard InChI is InChI=1S/C19H26N4O3/c1-12(2)17(23-18(24)14(21)7-5-11-20)19(25)26-16-10-9-13-6-3-4-8-15(13)22-16/h3-4,6,8-10,12,14,17H,5,7,11,20-21H2,1-2H3,(H,23,24)/t14-,17-/m1/s1. The van der Waals surface area contributed by atoms with Gasteiger partial charge in [0.15, 0.2) is 0 Å². The summed E-state index contributed by atoms with van der Waals surface area (Å²) in [5.74, 6) is -0.919. The summed E-state index contributed by atoms with van der Waals surface area (Å²) in [5, 5.41) is 3.63. The molecule has 0 saturated heterocycles. The lowest BCUT2D eigenvalue weighted by Crippen LogP contribution is -2.51. The van der Waals surface area contributed by atoms with E-state index in [1.807, 2.05) is 44.2 Å². The highest BCUT2D eigenvalue weighted by Crippen LogP contribution is 2.17. The van der Waals surface area contributed by atoms with E-state index in [1.165, 1.54) is 0 Å². The van der Waals surface area contributed by atoms with Crippen LogP contribution in [0, 0.1) is 5.92 Å². The Morgan fingerprint density at radius 2 is 1.92 bits per heavy atom. The minimum absolute atomic E-state index is 0.159. The minimum Gasteiger partial charge on any atom is -0.406 e. The number of hydrogen-bond acceptors (Lipinski definition) is 6. The third kappa shape index (κ3) is 5.24. The first-order valence-electron chi connectivity index (χ1n) is 8.76. The van der Waals surface area contributed by atoms with Crippen LogP contribution < -0.4 is 21.5 Å². The summed E-state index contributed by atoms with van der Waals surface area (Å²) in [6.07, 6.45) is 1.11. The summed E-state index contributed by atoms with van der Waals surface area (Å²) in [5.41, 5.74) is 12.0. The first-order chi connectivity index (χ1) is 12.4. The molecular weight excluding hydrogens is 332 g/mol. The third-order valence-corrected chi connectivity index (χ3v) is 4.05. The van der Waals surface area contributed by atoms with Crippen LogP contribution in [0.3, 0.4) is 0 Å². The Hall–Kier alpha value is -2.51. The fourth-order valence-corrected chi connectivity index (χ4v) is 2.50. The van der Waals surface area contributed by atoms with E-state index in [-0.39, 0.29) is 17.7 Å². The summed E-state index contributed by atoms with van der Waals surface area (Å²) in [6, 6.07) is 9.49. The Balaban J connectivity index is 2.06. The molecule has 26 heavy (non-hydrogen) atoms. The summed E-state index contributed by atoms with van der Waals surface area (Å²) < 4.78 is 5.38. The maximum atomic E-state index is 12.5. The molecule has 1 heterocycles. The van der Waals surface area contributed by atoms with Crippen molar-refractivity contribution in [3.8, 4) is 5.88 Å². The molecule has 0 aliphatic rings. The summed E-state index contributed by atoms with van der Waals surface area (Å²) in [7, 11) is 0. The molecular formula is C19H26N4O3. The summed E-state index contributed by atoms with van der Waals surface area (Å²) in [6.45, 7) is 4.11. The van der Waals surface area contributed by atoms with Gasteiger partial charge in [0.05, 0.1) is 11.6 Å². The molecule has 0 aliphatic carbocycles. The van der Waals surface area contributed by atoms with Gasteiger partial charge in [0.1, 0.15) is 6.04 Å². The molecule has 0 spiro atoms. The molecule has 7 heteroatoms. The molecule has 0 bridgehead atoms. The maximum Gasteiger partial charge on any atom is 0.335 e. The van der Waals surface area contributed by atoms with E-state index in [9.17, 15) is 9.59 Å². The predicted octanol–water partition coefficient (Wildman–Crippen LogP) is 1.35. The van der Waals surface area contributed by atoms with Gasteiger partial charge in [0.2, 0.25) is 11.8 Å². The van der Waals surface area contributed by atoms with Gasteiger partial charge < -0.3 is 21.5 Å². The number of nitrogens with zero attached hydrogens (tertiary/aromatic N) is 1. The first kappa shape index (κ1) is 19.8. The van der Waals surface area contributed by atoms with Crippen LogP contribution in [0.4, 0.5) is 0 Å². The van der Waals surface area contributed by atoms with Gasteiger partial charge in [-0.1, -0.05) is 32.0 Å². The van der Waals surface area contributed by atoms with Crippen LogP contribution >= 0.6 is 0 Å². The van der Waals surface area contributed by atoms with Crippen molar-refractivity contribution in [2.24, 2.45) is 17.4 Å². The molecule has 2 rings (SSSR count). The van der Waals surface area contributed by atoms with Crippen LogP contribution in [0.2, 0.25) is 0 Å². The van der Waals surface area contributed by atoms with Crippen molar-refractivity contribution in [3.63, 3.8) is 0 Å². The molecule has 1 aromatic carbocycles. The second kappa shape index (κ2) is 9.26. The number of rotatable bonds is 8. The molecule has 1 amide bonds. The van der Waals surface area contributed by atoms with Gasteiger partial charge in [-0.05, 0) is 37.4 Å². The van der Waals surface area contributed by atoms with Gasteiger partial charge in [-0.15, -0.1) is 0 Å². The predicted molar refractivity (Wildman–Crippen MR) is 100 cm³/mol. The molecule has 0 radical (unpaired) electrons. The van der Waals surface area contributed by atoms with E-state index in [2.05, 4.69) is 10.3 Å². The van der Waals surface area contributed by atoms with E-state index >= 15 is 0 Å². The zero-order valence-electron chi connectivity index (χ0n) is 15.1. The topological polar surface area (TPSA) is 120 Å². The van der Waals surface area contributed by atoms with Crippen molar-refractivity contribution in [2.75, 3.05) is 6.54 Å². The zero-order valence-corrected chi connectivity index (χ0v) is 15.1. The van der Waals surface area contributed by atoms with Gasteiger partial charge >= 0.3 is 5.97 Å². The normalized spacial score (nSPS) is 13.4. The van der Waals surface area contributed by atoms with Crippen molar-refractivity contribution in [3.05, 3.63) is 36.4 Å². The Kier molecular flexibility index (Phi) is 7.06. The number of fused-ring (bicyclic) bond motifs is 1. The van der Waals surface area contributed by atoms with Gasteiger partial charge in [-0.3, -0.25) is 4.79 Å². The highest BCUT2D eigenvalue weighted by Gasteiger charge is 2.28. The molecule has 7 nitrogen and oxygen atoms in total. The summed E-state index contributed by atoms with van der Waals surface area (Å²) in [4.78, 5) is 29.0. The van der Waals surface area contributed by atoms with E-state index in [1.54, 1.807) is 6.07 Å². The number of carbonyl (C=O) groups excluding carboxylic acids is 2. The monoisotopic (exact) mass is 358 g/mol. The Morgan fingerprint density at radius 3 is 2.62 bits per heavy atom. The van der Waals surface area contributed by atoms with Crippen LogP contribution in [-0.2, 0) is 9.59 Å². The summed E-state index contributed by atoms with van der Waals surface area (Å²) >= 11 is 0. The van der Waals surface area contributed by atoms with E-state index in [0.717, 1.165) is 10.9 Å². The van der Waals surface area contributed by atoms with Crippen molar-refractivity contribution in [2.45, 2.75) is 38.8 Å². The number of aromatic nitrogens is 1. The average Bonchev–Trinajstić information content (AvgIpc) is 2.63. The quantitative estimate of drug-likeness (QED) is 0.613. The Labute approximate surface area is 153 Å². The Bertz CT molecular complexity index is 763. The molecule has 5 N–H and O–H groups in total. The molecule has 0 unspecified atom stereocenters. The van der Waals surface area contributed by atoms with Crippen molar-refractivity contribution in [1.82, 2.24) is 10.3 Å². The zero-order chi connectivity index (χ0) is 19.1. The van der Waals surface area contributed by atoms with E-state index in [4.69, 9.17) is 16.2 Å². The average molecular weight is 358 g/mol. The number of amides is 1. The fourth-order valence-electron chi connectivity index (χ4n) is 2.50. The van der Waals surface area contributed by atoms with Gasteiger partial charge in [-0.25, -0.2) is 9.78 Å². The van der Waals surface area contributed by atoms with Crippen molar-refractivity contribution >= 4 is 22.8 Å². The highest BCUT2D eigenvalue weighted by atomic mass is 16.5. The van der Waals surface area contributed by atoms with E-state index in [0.29, 0.717) is 19.4 Å². The van der Waals surface area contributed by atoms with Crippen LogP contribution in [0.15, 0.2) is 36.4 Å². The number of pyridine rings is 1. The molecule has 140 valence electrons. The number of nitrogens with one attached hydrogen (secondary N) is 1. The third-order valence-electron chi connectivity index (χ3n) is 4.05. The maximum absolute atomic E-state index is 12.5. The Morgan fingerprint density at radius 1 is 1.19 bits per heavy atom. The number of benzene rings is 1. The van der Waals surface area contributed by atoms with Crippen LogP contribution in [0.1, 0.15) is 26.7 Å². The lowest BCUT2D eigenvalue weighted by Gasteiger charge is -2.22. The van der Waals surface area contributed by atoms with Crippen molar-refractivity contribution in [1.29, 1.82) is 0 Å². The lowest BCUT2D eigenvalue weighted by atomic mass is 10.0. The number of ether oxygens (including phenoxy) is 1. The molecule has 2 aromatic rings. The highest BCUT2D eigenvalue weighted by molar-refractivity contribution is 5.88. The van der Waals surface area contributed by atoms with Gasteiger partial charge in [0.25, 0.3) is 0 Å². The second-order valence-corrected chi connectivity index (χ2v) is 6.53. The minimum atomic E-state index is -0.806. The number of esters is 1. The van der Waals surface area contributed by atoms with Crippen LogP contribution in [0.25, 0.3) is 10.9 Å². The van der Waals surface area contributed by atoms with Crippen LogP contribution in [0.5, 0.6) is 5.88 Å². The molecule has 0 saturated carbocycles. The lowest BCUT2D eigenvalue weighted by molar-refractivity contribution is -0.141. The first-order valence-corrected chi connectivity index (χ1v) is 8.76. The second-order valence-electron chi connectivity index (χ2n) is 6.53. The van der Waals surface area contributed by atoms with Crippen molar-refractivity contribution < 1.29 is 14.3 Å². The molecule has 0 fully saturated rings. The number of carbonyl (C=O) groups is 2. The SMILES string of the molecule is CC(C)[C@@H](NC(=O)[C@H](N)CCCN)C(=O)Oc1ccc2ccccc2n1. The molecule has 1 aromatic heterocycles. The number of para-hydroxylation sites is 1. The number of nitrogens with two attached hydrogens (primary N) is 2. The van der Waals surface area contributed by atoms with Gasteiger partial charge in [-0.2, -0.15) is 0 Å². The molecule has 2 atom stereocenters.